The minimum Gasteiger partial charge on any atom is -0.545 e. The van der Waals surface area contributed by atoms with Crippen molar-refractivity contribution < 1.29 is 42.9 Å². The Hall–Kier alpha value is -4.05. The third kappa shape index (κ3) is 57.5. The van der Waals surface area contributed by atoms with E-state index in [4.69, 9.17) is 18.9 Å². The average Bonchev–Trinajstić information content (AvgIpc) is 3.38. The average molecular weight is 1050 g/mol. The van der Waals surface area contributed by atoms with Gasteiger partial charge in [0.15, 0.2) is 12.4 Å². The van der Waals surface area contributed by atoms with Crippen LogP contribution in [0.5, 0.6) is 0 Å². The minimum atomic E-state index is -1.62. The van der Waals surface area contributed by atoms with Crippen LogP contribution in [0.2, 0.25) is 0 Å². The highest BCUT2D eigenvalue weighted by atomic mass is 16.7. The van der Waals surface area contributed by atoms with E-state index in [9.17, 15) is 19.5 Å². The molecule has 0 saturated heterocycles. The van der Waals surface area contributed by atoms with E-state index >= 15 is 0 Å². The summed E-state index contributed by atoms with van der Waals surface area (Å²) in [7, 11) is 5.91. The Labute approximate surface area is 460 Å². The number of carboxylic acid groups (broad SMARTS) is 1. The van der Waals surface area contributed by atoms with Crippen molar-refractivity contribution in [2.24, 2.45) is 0 Å². The number of hydrogen-bond acceptors (Lipinski definition) is 8. The molecule has 0 aromatic rings. The Morgan fingerprint density at radius 2 is 0.760 bits per heavy atom. The molecule has 0 aromatic heterocycles. The van der Waals surface area contributed by atoms with Crippen molar-refractivity contribution >= 4 is 17.9 Å². The van der Waals surface area contributed by atoms with Crippen LogP contribution in [0.25, 0.3) is 0 Å². The lowest BCUT2D eigenvalue weighted by atomic mass is 10.0. The van der Waals surface area contributed by atoms with Crippen molar-refractivity contribution in [3.8, 4) is 0 Å². The van der Waals surface area contributed by atoms with Crippen LogP contribution in [0.3, 0.4) is 0 Å². The molecule has 0 spiro atoms. The lowest BCUT2D eigenvalue weighted by Gasteiger charge is -2.26. The maximum atomic E-state index is 12.8. The van der Waals surface area contributed by atoms with Crippen LogP contribution in [0.1, 0.15) is 232 Å². The standard InChI is InChI=1S/C66H111NO8/c1-6-8-10-12-14-16-17-18-19-20-21-22-23-24-25-26-27-28-29-30-31-32-33-34-35-36-37-38-39-40-41-42-43-44-45-46-47-49-51-53-55-57-64(69)75-62(61-74-66(65(70)71)72-59-58-67(3,4)5)60-73-63(68)56-54-52-50-48-15-13-11-9-7-2/h8,10,14,16,18-19,21-22,24-25,27-28,30-31,33-34,36-37,62,66H,6-7,9,11-13,15,17,20,23,26,29,32,35,38-61H2,1-5H3/b10-8-,16-14-,19-18-,22-21-,25-24-,28-27-,31-30-,34-33-,37-36-. The molecule has 0 aliphatic rings. The van der Waals surface area contributed by atoms with Crippen LogP contribution in [-0.4, -0.2) is 82.3 Å². The van der Waals surface area contributed by atoms with Gasteiger partial charge in [-0.2, -0.15) is 0 Å². The monoisotopic (exact) mass is 1050 g/mol. The number of rotatable bonds is 54. The van der Waals surface area contributed by atoms with E-state index in [0.29, 0.717) is 23.9 Å². The zero-order valence-corrected chi connectivity index (χ0v) is 48.6. The second-order valence-corrected chi connectivity index (χ2v) is 20.9. The molecule has 75 heavy (non-hydrogen) atoms. The van der Waals surface area contributed by atoms with Gasteiger partial charge < -0.3 is 33.3 Å². The first-order valence-corrected chi connectivity index (χ1v) is 30.0. The first kappa shape index (κ1) is 71.0. The third-order valence-corrected chi connectivity index (χ3v) is 12.5. The quantitative estimate of drug-likeness (QED) is 0.0195. The first-order valence-electron chi connectivity index (χ1n) is 30.0. The predicted octanol–water partition coefficient (Wildman–Crippen LogP) is 16.6. The molecule has 0 fully saturated rings. The number of carbonyl (C=O) groups excluding carboxylic acids is 3. The van der Waals surface area contributed by atoms with E-state index in [1.807, 2.05) is 21.1 Å². The van der Waals surface area contributed by atoms with Gasteiger partial charge in [0.25, 0.3) is 0 Å². The summed E-state index contributed by atoms with van der Waals surface area (Å²) in [5, 5.41) is 11.7. The van der Waals surface area contributed by atoms with Gasteiger partial charge >= 0.3 is 11.9 Å². The number of hydrogen-bond donors (Lipinski definition) is 0. The fourth-order valence-electron chi connectivity index (χ4n) is 7.94. The molecule has 2 unspecified atom stereocenters. The number of aliphatic carboxylic acids is 1. The van der Waals surface area contributed by atoms with Crippen molar-refractivity contribution in [1.29, 1.82) is 0 Å². The van der Waals surface area contributed by atoms with E-state index in [1.165, 1.54) is 103 Å². The van der Waals surface area contributed by atoms with Crippen LogP contribution in [-0.2, 0) is 33.3 Å². The predicted molar refractivity (Wildman–Crippen MR) is 315 cm³/mol. The van der Waals surface area contributed by atoms with Gasteiger partial charge in [-0.3, -0.25) is 9.59 Å². The fraction of sp³-hybridized carbons (Fsp3) is 0.682. The molecular formula is C66H111NO8. The molecule has 0 aromatic carbocycles. The van der Waals surface area contributed by atoms with Crippen molar-refractivity contribution in [3.63, 3.8) is 0 Å². The lowest BCUT2D eigenvalue weighted by molar-refractivity contribution is -0.870. The van der Waals surface area contributed by atoms with Crippen LogP contribution < -0.4 is 5.11 Å². The van der Waals surface area contributed by atoms with Gasteiger partial charge in [-0.15, -0.1) is 0 Å². The van der Waals surface area contributed by atoms with Gasteiger partial charge in [0.05, 0.1) is 40.3 Å². The smallest absolute Gasteiger partial charge is 0.306 e. The number of ether oxygens (including phenoxy) is 4. The summed E-state index contributed by atoms with van der Waals surface area (Å²) in [6.07, 6.45) is 74.6. The van der Waals surface area contributed by atoms with Crippen molar-refractivity contribution in [3.05, 3.63) is 109 Å². The van der Waals surface area contributed by atoms with Crippen molar-refractivity contribution in [2.45, 2.75) is 245 Å². The maximum absolute atomic E-state index is 12.8. The number of nitrogens with zero attached hydrogens (tertiary/aromatic N) is 1. The summed E-state index contributed by atoms with van der Waals surface area (Å²) in [4.78, 5) is 37.1. The largest absolute Gasteiger partial charge is 0.545 e. The molecule has 428 valence electrons. The molecule has 0 aliphatic heterocycles. The van der Waals surface area contributed by atoms with Gasteiger partial charge in [-0.25, -0.2) is 0 Å². The Bertz CT molecular complexity index is 1590. The summed E-state index contributed by atoms with van der Waals surface area (Å²) < 4.78 is 22.6. The number of carboxylic acids is 1. The summed E-state index contributed by atoms with van der Waals surface area (Å²) >= 11 is 0. The minimum absolute atomic E-state index is 0.145. The molecule has 0 N–H and O–H groups in total. The van der Waals surface area contributed by atoms with Crippen LogP contribution in [0.4, 0.5) is 0 Å². The molecular weight excluding hydrogens is 935 g/mol. The summed E-state index contributed by atoms with van der Waals surface area (Å²) in [6.45, 7) is 4.60. The molecule has 0 heterocycles. The number of unbranched alkanes of at least 4 members (excludes halogenated alkanes) is 21. The van der Waals surface area contributed by atoms with Crippen LogP contribution in [0, 0.1) is 0 Å². The normalized spacial score (nSPS) is 13.6. The first-order chi connectivity index (χ1) is 36.6. The molecule has 9 heteroatoms. The molecule has 2 atom stereocenters. The molecule has 0 amide bonds. The number of carbonyl (C=O) groups is 3. The summed E-state index contributed by atoms with van der Waals surface area (Å²) in [6, 6.07) is 0. The second kappa shape index (κ2) is 56.2. The topological polar surface area (TPSA) is 111 Å². The van der Waals surface area contributed by atoms with E-state index in [0.717, 1.165) is 96.3 Å². The number of esters is 2. The zero-order valence-electron chi connectivity index (χ0n) is 48.6. The van der Waals surface area contributed by atoms with E-state index in [2.05, 4.69) is 123 Å². The number of quaternary nitrogens is 1. The third-order valence-electron chi connectivity index (χ3n) is 12.5. The highest BCUT2D eigenvalue weighted by molar-refractivity contribution is 5.70. The maximum Gasteiger partial charge on any atom is 0.306 e. The van der Waals surface area contributed by atoms with Crippen LogP contribution in [0.15, 0.2) is 109 Å². The van der Waals surface area contributed by atoms with Crippen molar-refractivity contribution in [2.75, 3.05) is 47.5 Å². The second-order valence-electron chi connectivity index (χ2n) is 20.9. The van der Waals surface area contributed by atoms with E-state index in [-0.39, 0.29) is 32.2 Å². The number of allylic oxidation sites excluding steroid dienone is 18. The number of likely N-dealkylation sites (N-methyl/N-ethyl adjacent to an activating group) is 1. The van der Waals surface area contributed by atoms with Gasteiger partial charge in [0.2, 0.25) is 0 Å². The Morgan fingerprint density at radius 1 is 0.413 bits per heavy atom. The Morgan fingerprint density at radius 3 is 1.13 bits per heavy atom. The Kier molecular flexibility index (Phi) is 53.1. The highest BCUT2D eigenvalue weighted by Crippen LogP contribution is 2.15. The van der Waals surface area contributed by atoms with Gasteiger partial charge in [0.1, 0.15) is 13.2 Å². The molecule has 0 bridgehead atoms. The summed E-state index contributed by atoms with van der Waals surface area (Å²) in [5.41, 5.74) is 0. The Balaban J connectivity index is 4.01. The van der Waals surface area contributed by atoms with Gasteiger partial charge in [-0.1, -0.05) is 245 Å². The molecule has 9 nitrogen and oxygen atoms in total. The molecule has 0 aliphatic carbocycles. The van der Waals surface area contributed by atoms with Crippen molar-refractivity contribution in [1.82, 2.24) is 0 Å². The fourth-order valence-corrected chi connectivity index (χ4v) is 7.94. The zero-order chi connectivity index (χ0) is 54.8. The lowest BCUT2D eigenvalue weighted by Crippen LogP contribution is -2.44. The molecule has 0 radical (unpaired) electrons. The summed E-state index contributed by atoms with van der Waals surface area (Å²) in [5.74, 6) is -2.29. The highest BCUT2D eigenvalue weighted by Gasteiger charge is 2.22. The molecule has 0 saturated carbocycles. The van der Waals surface area contributed by atoms with Gasteiger partial charge in [0, 0.05) is 12.8 Å². The molecule has 0 rings (SSSR count). The van der Waals surface area contributed by atoms with Gasteiger partial charge in [-0.05, 0) is 83.5 Å². The SMILES string of the molecule is CC/C=C\C/C=C\C/C=C\C/C=C\C/C=C\C/C=C\C/C=C\C/C=C\C/C=C\CCCCCCCCCCCCCCCC(=O)OC(COC(=O)CCCCCCCCCCC)COC(OCC[N+](C)(C)C)C(=O)[O-]. The van der Waals surface area contributed by atoms with E-state index < -0.39 is 24.3 Å². The van der Waals surface area contributed by atoms with E-state index in [1.54, 1.807) is 0 Å². The van der Waals surface area contributed by atoms with Crippen LogP contribution >= 0.6 is 0 Å².